The largest absolute Gasteiger partial charge is 0.493 e. The summed E-state index contributed by atoms with van der Waals surface area (Å²) in [6.45, 7) is 1.52. The van der Waals surface area contributed by atoms with E-state index in [9.17, 15) is 18.8 Å². The van der Waals surface area contributed by atoms with Crippen LogP contribution in [0.15, 0.2) is 59.7 Å². The monoisotopic (exact) mass is 638 g/mol. The van der Waals surface area contributed by atoms with E-state index >= 15 is 0 Å². The van der Waals surface area contributed by atoms with Gasteiger partial charge >= 0.3 is 11.8 Å². The van der Waals surface area contributed by atoms with Crippen LogP contribution in [0.25, 0.3) is 0 Å². The number of halogens is 3. The van der Waals surface area contributed by atoms with Crippen molar-refractivity contribution in [1.82, 2.24) is 5.43 Å². The van der Waals surface area contributed by atoms with Crippen molar-refractivity contribution in [2.45, 2.75) is 6.92 Å². The number of anilines is 2. The third kappa shape index (κ3) is 7.64. The summed E-state index contributed by atoms with van der Waals surface area (Å²) in [5.74, 6) is -2.56. The molecule has 3 aromatic carbocycles. The van der Waals surface area contributed by atoms with Crippen LogP contribution in [-0.4, -0.2) is 37.7 Å². The number of amides is 3. The molecule has 0 aromatic heterocycles. The Balaban J connectivity index is 1.60. The Labute approximate surface area is 230 Å². The Morgan fingerprint density at radius 3 is 2.51 bits per heavy atom. The van der Waals surface area contributed by atoms with Gasteiger partial charge in [0.2, 0.25) is 0 Å². The van der Waals surface area contributed by atoms with Crippen molar-refractivity contribution in [3.05, 3.63) is 80.1 Å². The first kappa shape index (κ1) is 27.9. The fraction of sp³-hybridized carbons (Fsp3) is 0.120. The van der Waals surface area contributed by atoms with Crippen LogP contribution in [0, 0.1) is 16.3 Å². The average Bonchev–Trinajstić information content (AvgIpc) is 2.87. The zero-order chi connectivity index (χ0) is 26.9. The summed E-state index contributed by atoms with van der Waals surface area (Å²) >= 11 is 8.09. The number of nitrogens with one attached hydrogen (secondary N) is 3. The van der Waals surface area contributed by atoms with Crippen LogP contribution in [0.2, 0.25) is 5.02 Å². The number of rotatable bonds is 8. The number of hydrogen-bond donors (Lipinski definition) is 3. The van der Waals surface area contributed by atoms with E-state index in [4.69, 9.17) is 21.1 Å². The lowest BCUT2D eigenvalue weighted by atomic mass is 10.2. The minimum absolute atomic E-state index is 0.127. The number of hydrazone groups is 1. The van der Waals surface area contributed by atoms with Crippen molar-refractivity contribution in [1.29, 1.82) is 0 Å². The second-order valence-corrected chi connectivity index (χ2v) is 8.99. The number of carbonyl (C=O) groups excluding carboxylic acids is 3. The molecule has 0 spiro atoms. The van der Waals surface area contributed by atoms with Gasteiger partial charge in [0.25, 0.3) is 5.91 Å². The molecule has 12 heteroatoms. The van der Waals surface area contributed by atoms with Gasteiger partial charge in [-0.05, 0) is 77.0 Å². The highest BCUT2D eigenvalue weighted by atomic mass is 127. The number of benzene rings is 3. The summed E-state index contributed by atoms with van der Waals surface area (Å²) in [4.78, 5) is 36.3. The first-order valence-corrected chi connectivity index (χ1v) is 12.1. The molecule has 3 rings (SSSR count). The highest BCUT2D eigenvalue weighted by molar-refractivity contribution is 14.1. The van der Waals surface area contributed by atoms with E-state index in [-0.39, 0.29) is 18.2 Å². The van der Waals surface area contributed by atoms with E-state index in [1.54, 1.807) is 37.3 Å². The van der Waals surface area contributed by atoms with Gasteiger partial charge in [-0.2, -0.15) is 5.10 Å². The molecule has 0 saturated carbocycles. The Kier molecular flexibility index (Phi) is 9.80. The van der Waals surface area contributed by atoms with Crippen molar-refractivity contribution in [3.63, 3.8) is 0 Å². The molecule has 0 unspecified atom stereocenters. The molecule has 3 amide bonds. The number of nitrogens with zero attached hydrogens (tertiary/aromatic N) is 1. The molecule has 0 aliphatic rings. The van der Waals surface area contributed by atoms with Gasteiger partial charge in [-0.25, -0.2) is 9.82 Å². The molecule has 0 aliphatic carbocycles. The minimum Gasteiger partial charge on any atom is -0.493 e. The van der Waals surface area contributed by atoms with E-state index in [0.717, 1.165) is 11.6 Å². The Morgan fingerprint density at radius 2 is 1.78 bits per heavy atom. The molecule has 0 fully saturated rings. The molecule has 0 saturated heterocycles. The maximum absolute atomic E-state index is 13.6. The van der Waals surface area contributed by atoms with Crippen LogP contribution in [0.3, 0.4) is 0 Å². The van der Waals surface area contributed by atoms with Crippen molar-refractivity contribution in [2.75, 3.05) is 24.4 Å². The predicted molar refractivity (Wildman–Crippen MR) is 147 cm³/mol. The normalized spacial score (nSPS) is 10.6. The SMILES string of the molecule is COc1cc(/C=N\NC(=O)C(=O)Nc2ccccc2F)cc(I)c1OCC(=O)Nc1cccc(Cl)c1C. The highest BCUT2D eigenvalue weighted by Crippen LogP contribution is 2.33. The third-order valence-electron chi connectivity index (χ3n) is 4.85. The van der Waals surface area contributed by atoms with E-state index in [0.29, 0.717) is 31.3 Å². The fourth-order valence-corrected chi connectivity index (χ4v) is 3.93. The summed E-state index contributed by atoms with van der Waals surface area (Å²) in [5.41, 5.74) is 3.79. The molecule has 3 N–H and O–H groups in total. The highest BCUT2D eigenvalue weighted by Gasteiger charge is 2.16. The number of hydrogen-bond acceptors (Lipinski definition) is 6. The Bertz CT molecular complexity index is 1370. The van der Waals surface area contributed by atoms with Crippen LogP contribution in [0.1, 0.15) is 11.1 Å². The number of carbonyl (C=O) groups is 3. The van der Waals surface area contributed by atoms with Gasteiger partial charge in [-0.15, -0.1) is 0 Å². The molecule has 0 aliphatic heterocycles. The molecular formula is C25H21ClFIN4O5. The first-order valence-electron chi connectivity index (χ1n) is 10.6. The van der Waals surface area contributed by atoms with Gasteiger partial charge < -0.3 is 20.1 Å². The Morgan fingerprint density at radius 1 is 1.05 bits per heavy atom. The van der Waals surface area contributed by atoms with E-state index in [1.807, 2.05) is 22.6 Å². The number of ether oxygens (including phenoxy) is 2. The quantitative estimate of drug-likeness (QED) is 0.145. The topological polar surface area (TPSA) is 118 Å². The molecular weight excluding hydrogens is 618 g/mol. The average molecular weight is 639 g/mol. The second kappa shape index (κ2) is 13.0. The third-order valence-corrected chi connectivity index (χ3v) is 6.06. The molecule has 192 valence electrons. The number of para-hydroxylation sites is 1. The molecule has 0 atom stereocenters. The van der Waals surface area contributed by atoms with Crippen LogP contribution in [0.4, 0.5) is 15.8 Å². The van der Waals surface area contributed by atoms with Crippen molar-refractivity contribution < 1.29 is 28.2 Å². The lowest BCUT2D eigenvalue weighted by molar-refractivity contribution is -0.136. The van der Waals surface area contributed by atoms with Crippen LogP contribution < -0.4 is 25.5 Å². The molecule has 0 bridgehead atoms. The van der Waals surface area contributed by atoms with Gasteiger partial charge in [0, 0.05) is 10.7 Å². The van der Waals surface area contributed by atoms with Crippen LogP contribution >= 0.6 is 34.2 Å². The van der Waals surface area contributed by atoms with E-state index in [2.05, 4.69) is 21.2 Å². The van der Waals surface area contributed by atoms with Gasteiger partial charge in [-0.3, -0.25) is 14.4 Å². The van der Waals surface area contributed by atoms with E-state index in [1.165, 1.54) is 31.5 Å². The van der Waals surface area contributed by atoms with Crippen molar-refractivity contribution in [2.24, 2.45) is 5.10 Å². The molecule has 3 aromatic rings. The summed E-state index contributed by atoms with van der Waals surface area (Å²) in [7, 11) is 1.43. The maximum Gasteiger partial charge on any atom is 0.329 e. The Hall–Kier alpha value is -3.71. The number of methoxy groups -OCH3 is 1. The second-order valence-electron chi connectivity index (χ2n) is 7.42. The maximum atomic E-state index is 13.6. The summed E-state index contributed by atoms with van der Waals surface area (Å²) in [5, 5.41) is 9.20. The van der Waals surface area contributed by atoms with Crippen molar-refractivity contribution in [3.8, 4) is 11.5 Å². The van der Waals surface area contributed by atoms with Gasteiger partial charge in [0.15, 0.2) is 18.1 Å². The summed E-state index contributed by atoms with van der Waals surface area (Å²) in [6.07, 6.45) is 1.29. The van der Waals surface area contributed by atoms with Gasteiger partial charge in [-0.1, -0.05) is 29.8 Å². The lowest BCUT2D eigenvalue weighted by Crippen LogP contribution is -2.32. The zero-order valence-electron chi connectivity index (χ0n) is 19.6. The van der Waals surface area contributed by atoms with Crippen LogP contribution in [-0.2, 0) is 14.4 Å². The molecule has 9 nitrogen and oxygen atoms in total. The predicted octanol–water partition coefficient (Wildman–Crippen LogP) is 4.51. The van der Waals surface area contributed by atoms with Gasteiger partial charge in [0.05, 0.1) is 22.6 Å². The minimum atomic E-state index is -1.08. The first-order chi connectivity index (χ1) is 17.7. The summed E-state index contributed by atoms with van der Waals surface area (Å²) in [6, 6.07) is 13.9. The smallest absolute Gasteiger partial charge is 0.329 e. The van der Waals surface area contributed by atoms with Crippen molar-refractivity contribution >= 4 is 69.5 Å². The van der Waals surface area contributed by atoms with Gasteiger partial charge in [0.1, 0.15) is 5.82 Å². The van der Waals surface area contributed by atoms with E-state index < -0.39 is 17.6 Å². The zero-order valence-corrected chi connectivity index (χ0v) is 22.5. The molecule has 0 radical (unpaired) electrons. The van der Waals surface area contributed by atoms with Crippen LogP contribution in [0.5, 0.6) is 11.5 Å². The molecule has 0 heterocycles. The standard InChI is InChI=1S/C25H21ClFIN4O5/c1-14-16(26)6-5-9-19(14)30-22(33)13-37-23-18(28)10-15(11-21(23)36-2)12-29-32-25(35)24(34)31-20-8-4-3-7-17(20)27/h3-12H,13H2,1-2H3,(H,30,33)(H,31,34)(H,32,35)/b29-12-. The lowest BCUT2D eigenvalue weighted by Gasteiger charge is -2.14. The fourth-order valence-electron chi connectivity index (χ4n) is 2.98. The molecule has 37 heavy (non-hydrogen) atoms. The summed E-state index contributed by atoms with van der Waals surface area (Å²) < 4.78 is 25.3.